The maximum atomic E-state index is 4.87. The number of rotatable bonds is 4. The van der Waals surface area contributed by atoms with Crippen molar-refractivity contribution in [3.63, 3.8) is 0 Å². The summed E-state index contributed by atoms with van der Waals surface area (Å²) in [7, 11) is 1.80. The summed E-state index contributed by atoms with van der Waals surface area (Å²) >= 11 is 0. The van der Waals surface area contributed by atoms with Gasteiger partial charge in [-0.05, 0) is 17.9 Å². The van der Waals surface area contributed by atoms with Gasteiger partial charge in [0.1, 0.15) is 0 Å². The zero-order chi connectivity index (χ0) is 15.1. The van der Waals surface area contributed by atoms with Crippen LogP contribution in [0.4, 0.5) is 0 Å². The fourth-order valence-electron chi connectivity index (χ4n) is 2.21. The number of hydrogen-bond donors (Lipinski definition) is 0. The van der Waals surface area contributed by atoms with E-state index in [9.17, 15) is 0 Å². The zero-order valence-corrected chi connectivity index (χ0v) is 13.0. The molecule has 0 N–H and O–H groups in total. The second-order valence-electron chi connectivity index (χ2n) is 5.09. The third kappa shape index (κ3) is 3.88. The van der Waals surface area contributed by atoms with Gasteiger partial charge in [-0.1, -0.05) is 74.5 Å². The molecule has 0 saturated carbocycles. The molecule has 2 aromatic carbocycles. The lowest BCUT2D eigenvalue weighted by Gasteiger charge is -2.14. The van der Waals surface area contributed by atoms with Crippen LogP contribution >= 0.6 is 0 Å². The van der Waals surface area contributed by atoms with Crippen LogP contribution in [0.25, 0.3) is 0 Å². The van der Waals surface area contributed by atoms with Crippen LogP contribution in [0.3, 0.4) is 0 Å². The van der Waals surface area contributed by atoms with Gasteiger partial charge in [-0.25, -0.2) is 4.99 Å². The minimum Gasteiger partial charge on any atom is -0.270 e. The first-order valence-corrected chi connectivity index (χ1v) is 7.42. The topological polar surface area (TPSA) is 24.7 Å². The van der Waals surface area contributed by atoms with E-state index in [0.29, 0.717) is 5.92 Å². The molecule has 0 amide bonds. The summed E-state index contributed by atoms with van der Waals surface area (Å²) in [5.41, 5.74) is 3.32. The molecular weight excluding hydrogens is 256 g/mol. The van der Waals surface area contributed by atoms with Crippen molar-refractivity contribution in [2.75, 3.05) is 7.05 Å². The number of hydrogen-bond acceptors (Lipinski definition) is 1. The van der Waals surface area contributed by atoms with Gasteiger partial charge in [-0.2, -0.15) is 0 Å². The molecule has 2 heteroatoms. The maximum absolute atomic E-state index is 4.87. The van der Waals surface area contributed by atoms with Crippen LogP contribution in [-0.2, 0) is 0 Å². The van der Waals surface area contributed by atoms with Gasteiger partial charge >= 0.3 is 0 Å². The van der Waals surface area contributed by atoms with E-state index in [1.54, 1.807) is 7.05 Å². The van der Waals surface area contributed by atoms with Crippen molar-refractivity contribution in [2.45, 2.75) is 20.3 Å². The second kappa shape index (κ2) is 7.53. The van der Waals surface area contributed by atoms with Gasteiger partial charge in [0, 0.05) is 12.6 Å². The predicted molar refractivity (Wildman–Crippen MR) is 91.3 cm³/mol. The smallest absolute Gasteiger partial charge is 0.154 e. The molecule has 2 nitrogen and oxygen atoms in total. The van der Waals surface area contributed by atoms with Gasteiger partial charge in [0.05, 0.1) is 5.71 Å². The van der Waals surface area contributed by atoms with Gasteiger partial charge in [-0.3, -0.25) is 4.99 Å². The van der Waals surface area contributed by atoms with E-state index in [4.69, 9.17) is 4.99 Å². The summed E-state index contributed by atoms with van der Waals surface area (Å²) in [6.45, 7) is 4.40. The van der Waals surface area contributed by atoms with Crippen LogP contribution in [0, 0.1) is 5.92 Å². The Kier molecular flexibility index (Phi) is 5.44. The van der Waals surface area contributed by atoms with Crippen LogP contribution in [-0.4, -0.2) is 18.6 Å². The SMILES string of the molecule is CCC(C)C(=NC(=NC)c1ccccc1)c1ccccc1. The van der Waals surface area contributed by atoms with Crippen molar-refractivity contribution >= 4 is 11.5 Å². The standard InChI is InChI=1S/C19H22N2/c1-4-15(2)18(16-11-7-5-8-12-16)21-19(20-3)17-13-9-6-10-14-17/h5-15H,4H2,1-3H3. The predicted octanol–water partition coefficient (Wildman–Crippen LogP) is 4.60. The fourth-order valence-corrected chi connectivity index (χ4v) is 2.21. The van der Waals surface area contributed by atoms with E-state index >= 15 is 0 Å². The highest BCUT2D eigenvalue weighted by Gasteiger charge is 2.13. The lowest BCUT2D eigenvalue weighted by atomic mass is 9.96. The van der Waals surface area contributed by atoms with E-state index < -0.39 is 0 Å². The summed E-state index contributed by atoms with van der Waals surface area (Å²) in [6.07, 6.45) is 1.06. The molecule has 108 valence electrons. The maximum Gasteiger partial charge on any atom is 0.154 e. The fraction of sp³-hybridized carbons (Fsp3) is 0.263. The van der Waals surface area contributed by atoms with Gasteiger partial charge in [0.2, 0.25) is 0 Å². The van der Waals surface area contributed by atoms with Gasteiger partial charge in [0.25, 0.3) is 0 Å². The molecule has 0 spiro atoms. The van der Waals surface area contributed by atoms with Gasteiger partial charge in [0.15, 0.2) is 5.84 Å². The number of nitrogens with zero attached hydrogens (tertiary/aromatic N) is 2. The molecule has 0 radical (unpaired) electrons. The molecule has 0 fully saturated rings. The second-order valence-corrected chi connectivity index (χ2v) is 5.09. The molecule has 1 unspecified atom stereocenters. The molecule has 0 saturated heterocycles. The summed E-state index contributed by atoms with van der Waals surface area (Å²) < 4.78 is 0. The molecule has 2 rings (SSSR count). The number of benzene rings is 2. The van der Waals surface area contributed by atoms with E-state index in [1.807, 2.05) is 36.4 Å². The Morgan fingerprint density at radius 1 is 0.905 bits per heavy atom. The van der Waals surface area contributed by atoms with Crippen LogP contribution in [0.15, 0.2) is 70.6 Å². The molecular formula is C19H22N2. The first kappa shape index (κ1) is 15.2. The van der Waals surface area contributed by atoms with Crippen LogP contribution < -0.4 is 0 Å². The normalized spacial score (nSPS) is 14.0. The van der Waals surface area contributed by atoms with Crippen molar-refractivity contribution < 1.29 is 0 Å². The van der Waals surface area contributed by atoms with Gasteiger partial charge in [-0.15, -0.1) is 0 Å². The van der Waals surface area contributed by atoms with E-state index in [-0.39, 0.29) is 0 Å². The molecule has 21 heavy (non-hydrogen) atoms. The first-order valence-electron chi connectivity index (χ1n) is 7.42. The van der Waals surface area contributed by atoms with Crippen molar-refractivity contribution in [2.24, 2.45) is 15.9 Å². The summed E-state index contributed by atoms with van der Waals surface area (Å²) in [6, 6.07) is 20.5. The molecule has 2 aromatic rings. The molecule has 0 aliphatic carbocycles. The van der Waals surface area contributed by atoms with E-state index in [1.165, 1.54) is 5.56 Å². The third-order valence-corrected chi connectivity index (χ3v) is 3.62. The highest BCUT2D eigenvalue weighted by molar-refractivity contribution is 6.13. The van der Waals surface area contributed by atoms with Crippen molar-refractivity contribution in [3.8, 4) is 0 Å². The Morgan fingerprint density at radius 3 is 1.90 bits per heavy atom. The average molecular weight is 278 g/mol. The van der Waals surface area contributed by atoms with Crippen LogP contribution in [0.2, 0.25) is 0 Å². The Bertz CT molecular complexity index is 613. The highest BCUT2D eigenvalue weighted by atomic mass is 14.9. The largest absolute Gasteiger partial charge is 0.270 e. The molecule has 0 aromatic heterocycles. The van der Waals surface area contributed by atoms with Crippen molar-refractivity contribution in [1.29, 1.82) is 0 Å². The molecule has 0 bridgehead atoms. The van der Waals surface area contributed by atoms with Crippen LogP contribution in [0.5, 0.6) is 0 Å². The summed E-state index contributed by atoms with van der Waals surface area (Å²) in [5, 5.41) is 0. The molecule has 0 heterocycles. The van der Waals surface area contributed by atoms with Crippen molar-refractivity contribution in [1.82, 2.24) is 0 Å². The molecule has 0 aliphatic heterocycles. The first-order chi connectivity index (χ1) is 10.3. The minimum atomic E-state index is 0.396. The minimum absolute atomic E-state index is 0.396. The zero-order valence-electron chi connectivity index (χ0n) is 13.0. The van der Waals surface area contributed by atoms with Crippen LogP contribution in [0.1, 0.15) is 31.4 Å². The lowest BCUT2D eigenvalue weighted by Crippen LogP contribution is -2.15. The average Bonchev–Trinajstić information content (AvgIpc) is 2.57. The van der Waals surface area contributed by atoms with E-state index in [0.717, 1.165) is 23.5 Å². The quantitative estimate of drug-likeness (QED) is 0.577. The molecule has 0 aliphatic rings. The Balaban J connectivity index is 2.45. The van der Waals surface area contributed by atoms with Gasteiger partial charge < -0.3 is 0 Å². The lowest BCUT2D eigenvalue weighted by molar-refractivity contribution is 0.741. The summed E-state index contributed by atoms with van der Waals surface area (Å²) in [4.78, 5) is 9.24. The number of amidine groups is 1. The Morgan fingerprint density at radius 2 is 1.43 bits per heavy atom. The highest BCUT2D eigenvalue weighted by Crippen LogP contribution is 2.15. The van der Waals surface area contributed by atoms with E-state index in [2.05, 4.69) is 43.1 Å². The monoisotopic (exact) mass is 278 g/mol. The Labute approximate surface area is 127 Å². The molecule has 1 atom stereocenters. The summed E-state index contributed by atoms with van der Waals surface area (Å²) in [5.74, 6) is 1.18. The van der Waals surface area contributed by atoms with Crippen molar-refractivity contribution in [3.05, 3.63) is 71.8 Å². The number of aliphatic imine (C=N–C) groups is 2. The Hall–Kier alpha value is -2.22. The third-order valence-electron chi connectivity index (χ3n) is 3.62.